The lowest BCUT2D eigenvalue weighted by Crippen LogP contribution is -2.20. The van der Waals surface area contributed by atoms with Crippen LogP contribution >= 0.6 is 0 Å². The molecule has 1 heterocycles. The molecule has 8 heteroatoms. The number of hydrogen-bond acceptors (Lipinski definition) is 5. The Bertz CT molecular complexity index is 368. The van der Waals surface area contributed by atoms with E-state index in [0.29, 0.717) is 5.89 Å². The Morgan fingerprint density at radius 1 is 1.32 bits per heavy atom. The summed E-state index contributed by atoms with van der Waals surface area (Å²) in [6, 6.07) is -0.0256. The third-order valence-electron chi connectivity index (χ3n) is 2.37. The Hall–Kier alpha value is -1.15. The van der Waals surface area contributed by atoms with Crippen molar-refractivity contribution >= 4 is 0 Å². The summed E-state index contributed by atoms with van der Waals surface area (Å²) < 4.78 is 45.4. The van der Waals surface area contributed by atoms with E-state index in [2.05, 4.69) is 20.3 Å². The zero-order valence-electron chi connectivity index (χ0n) is 11.0. The summed E-state index contributed by atoms with van der Waals surface area (Å²) in [4.78, 5) is 0. The first kappa shape index (κ1) is 15.9. The highest BCUT2D eigenvalue weighted by Gasteiger charge is 2.27. The number of hydrogen-bond donors (Lipinski definition) is 1. The van der Waals surface area contributed by atoms with Crippen LogP contribution in [-0.2, 0) is 11.2 Å². The summed E-state index contributed by atoms with van der Waals surface area (Å²) in [7, 11) is 0. The average molecular weight is 281 g/mol. The minimum absolute atomic E-state index is 0.0256. The van der Waals surface area contributed by atoms with E-state index in [1.54, 1.807) is 0 Å². The molecule has 0 bridgehead atoms. The number of halogens is 3. The van der Waals surface area contributed by atoms with Gasteiger partial charge in [-0.1, -0.05) is 13.8 Å². The molecule has 1 aromatic heterocycles. The molecule has 0 aromatic carbocycles. The predicted molar refractivity (Wildman–Crippen MR) is 61.6 cm³/mol. The second-order valence-electron chi connectivity index (χ2n) is 3.97. The van der Waals surface area contributed by atoms with Crippen LogP contribution in [0, 0.1) is 0 Å². The highest BCUT2D eigenvalue weighted by atomic mass is 19.4. The van der Waals surface area contributed by atoms with E-state index in [0.717, 1.165) is 13.0 Å². The Kier molecular flexibility index (Phi) is 6.23. The standard InChI is InChI=1S/C11H18F3N3O2/c1-3-8(15-4-2)10-17-16-9(19-10)5-6-18-7-11(12,13)14/h8,15H,3-7H2,1-2H3. The van der Waals surface area contributed by atoms with Crippen LogP contribution in [0.5, 0.6) is 0 Å². The lowest BCUT2D eigenvalue weighted by Gasteiger charge is -2.10. The monoisotopic (exact) mass is 281 g/mol. The molecule has 0 aliphatic carbocycles. The topological polar surface area (TPSA) is 60.2 Å². The van der Waals surface area contributed by atoms with Crippen molar-refractivity contribution in [3.8, 4) is 0 Å². The SMILES string of the molecule is CCNC(CC)c1nnc(CCOCC(F)(F)F)o1. The number of alkyl halides is 3. The number of nitrogens with zero attached hydrogens (tertiary/aromatic N) is 2. The molecule has 1 unspecified atom stereocenters. The van der Waals surface area contributed by atoms with Crippen LogP contribution in [0.3, 0.4) is 0 Å². The second-order valence-corrected chi connectivity index (χ2v) is 3.97. The lowest BCUT2D eigenvalue weighted by atomic mass is 10.2. The summed E-state index contributed by atoms with van der Waals surface area (Å²) in [6.07, 6.45) is -3.34. The molecule has 5 nitrogen and oxygen atoms in total. The van der Waals surface area contributed by atoms with Crippen LogP contribution in [0.15, 0.2) is 4.42 Å². The van der Waals surface area contributed by atoms with Crippen LogP contribution in [0.1, 0.15) is 38.1 Å². The van der Waals surface area contributed by atoms with Gasteiger partial charge < -0.3 is 14.5 Å². The van der Waals surface area contributed by atoms with Crippen LogP contribution in [0.2, 0.25) is 0 Å². The molecule has 0 aliphatic rings. The summed E-state index contributed by atoms with van der Waals surface area (Å²) in [5.41, 5.74) is 0. The van der Waals surface area contributed by atoms with Crippen molar-refractivity contribution < 1.29 is 22.3 Å². The smallest absolute Gasteiger partial charge is 0.411 e. The zero-order chi connectivity index (χ0) is 14.3. The van der Waals surface area contributed by atoms with Gasteiger partial charge in [-0.05, 0) is 13.0 Å². The largest absolute Gasteiger partial charge is 0.423 e. The van der Waals surface area contributed by atoms with Gasteiger partial charge in [0, 0.05) is 6.42 Å². The second kappa shape index (κ2) is 7.44. The molecule has 1 atom stereocenters. The van der Waals surface area contributed by atoms with Crippen molar-refractivity contribution in [1.82, 2.24) is 15.5 Å². The highest BCUT2D eigenvalue weighted by Crippen LogP contribution is 2.16. The fraction of sp³-hybridized carbons (Fsp3) is 0.818. The van der Waals surface area contributed by atoms with Crippen molar-refractivity contribution in [3.05, 3.63) is 11.8 Å². The van der Waals surface area contributed by atoms with E-state index in [1.807, 2.05) is 13.8 Å². The van der Waals surface area contributed by atoms with E-state index in [1.165, 1.54) is 0 Å². The van der Waals surface area contributed by atoms with Crippen molar-refractivity contribution in [2.45, 2.75) is 38.9 Å². The van der Waals surface area contributed by atoms with E-state index in [9.17, 15) is 13.2 Å². The number of aromatic nitrogens is 2. The molecule has 0 radical (unpaired) electrons. The van der Waals surface area contributed by atoms with Crippen LogP contribution < -0.4 is 5.32 Å². The first-order valence-electron chi connectivity index (χ1n) is 6.16. The molecule has 110 valence electrons. The molecule has 0 aliphatic heterocycles. The predicted octanol–water partition coefficient (Wildman–Crippen LogP) is 2.25. The van der Waals surface area contributed by atoms with Crippen LogP contribution in [0.25, 0.3) is 0 Å². The molecule has 1 aromatic rings. The van der Waals surface area contributed by atoms with Gasteiger partial charge in [0.2, 0.25) is 11.8 Å². The van der Waals surface area contributed by atoms with Crippen molar-refractivity contribution in [1.29, 1.82) is 0 Å². The van der Waals surface area contributed by atoms with Gasteiger partial charge >= 0.3 is 6.18 Å². The van der Waals surface area contributed by atoms with Gasteiger partial charge in [0.15, 0.2) is 0 Å². The first-order valence-corrected chi connectivity index (χ1v) is 6.16. The average Bonchev–Trinajstić information content (AvgIpc) is 2.79. The van der Waals surface area contributed by atoms with Gasteiger partial charge in [0.25, 0.3) is 0 Å². The lowest BCUT2D eigenvalue weighted by molar-refractivity contribution is -0.173. The number of rotatable bonds is 8. The summed E-state index contributed by atoms with van der Waals surface area (Å²) in [5.74, 6) is 0.740. The van der Waals surface area contributed by atoms with Gasteiger partial charge in [-0.25, -0.2) is 0 Å². The molecular formula is C11H18F3N3O2. The molecule has 0 saturated heterocycles. The molecule has 1 rings (SSSR count). The van der Waals surface area contributed by atoms with Gasteiger partial charge in [-0.2, -0.15) is 13.2 Å². The van der Waals surface area contributed by atoms with Crippen LogP contribution in [-0.4, -0.2) is 36.1 Å². The molecule has 0 spiro atoms. The van der Waals surface area contributed by atoms with E-state index in [4.69, 9.17) is 4.42 Å². The minimum atomic E-state index is -4.31. The molecule has 0 fully saturated rings. The van der Waals surface area contributed by atoms with Gasteiger partial charge in [0.1, 0.15) is 6.61 Å². The maximum Gasteiger partial charge on any atom is 0.411 e. The Morgan fingerprint density at radius 2 is 2.05 bits per heavy atom. The van der Waals surface area contributed by atoms with Gasteiger partial charge in [0.05, 0.1) is 12.6 Å². The summed E-state index contributed by atoms with van der Waals surface area (Å²) in [6.45, 7) is 3.35. The fourth-order valence-electron chi connectivity index (χ4n) is 1.51. The third-order valence-corrected chi connectivity index (χ3v) is 2.37. The third kappa shape index (κ3) is 6.02. The Balaban J connectivity index is 2.38. The van der Waals surface area contributed by atoms with Crippen molar-refractivity contribution in [2.75, 3.05) is 19.8 Å². The highest BCUT2D eigenvalue weighted by molar-refractivity contribution is 4.89. The van der Waals surface area contributed by atoms with Crippen molar-refractivity contribution in [3.63, 3.8) is 0 Å². The first-order chi connectivity index (χ1) is 8.96. The normalized spacial score (nSPS) is 13.7. The zero-order valence-corrected chi connectivity index (χ0v) is 11.0. The molecule has 19 heavy (non-hydrogen) atoms. The molecule has 0 amide bonds. The molecule has 0 saturated carbocycles. The maximum atomic E-state index is 11.8. The van der Waals surface area contributed by atoms with Gasteiger partial charge in [-0.3, -0.25) is 0 Å². The fourth-order valence-corrected chi connectivity index (χ4v) is 1.51. The quantitative estimate of drug-likeness (QED) is 0.741. The summed E-state index contributed by atoms with van der Waals surface area (Å²) in [5, 5.41) is 10.8. The van der Waals surface area contributed by atoms with Crippen LogP contribution in [0.4, 0.5) is 13.2 Å². The van der Waals surface area contributed by atoms with Crippen molar-refractivity contribution in [2.24, 2.45) is 0 Å². The summed E-state index contributed by atoms with van der Waals surface area (Å²) >= 11 is 0. The minimum Gasteiger partial charge on any atom is -0.423 e. The number of nitrogens with one attached hydrogen (secondary N) is 1. The molecule has 1 N–H and O–H groups in total. The van der Waals surface area contributed by atoms with E-state index in [-0.39, 0.29) is 25.0 Å². The maximum absolute atomic E-state index is 11.8. The number of ether oxygens (including phenoxy) is 1. The van der Waals surface area contributed by atoms with E-state index >= 15 is 0 Å². The Labute approximate surface area is 109 Å². The van der Waals surface area contributed by atoms with E-state index < -0.39 is 12.8 Å². The van der Waals surface area contributed by atoms with Gasteiger partial charge in [-0.15, -0.1) is 10.2 Å². The molecular weight excluding hydrogens is 263 g/mol. The Morgan fingerprint density at radius 3 is 2.63 bits per heavy atom.